The van der Waals surface area contributed by atoms with Crippen molar-refractivity contribution in [3.8, 4) is 0 Å². The van der Waals surface area contributed by atoms with Gasteiger partial charge in [-0.2, -0.15) is 0 Å². The van der Waals surface area contributed by atoms with Crippen molar-refractivity contribution >= 4 is 17.7 Å². The van der Waals surface area contributed by atoms with Crippen LogP contribution in [0.5, 0.6) is 0 Å². The Labute approximate surface area is 105 Å². The number of nitro groups is 1. The van der Waals surface area contributed by atoms with Gasteiger partial charge in [0.15, 0.2) is 0 Å². The Kier molecular flexibility index (Phi) is 3.92. The quantitative estimate of drug-likeness (QED) is 0.494. The lowest BCUT2D eigenvalue weighted by molar-refractivity contribution is -0.384. The number of carbonyl (C=O) groups excluding carboxylic acids is 1. The fourth-order valence-corrected chi connectivity index (χ4v) is 2.39. The molecule has 1 aromatic rings. The van der Waals surface area contributed by atoms with Crippen molar-refractivity contribution < 1.29 is 9.72 Å². The van der Waals surface area contributed by atoms with E-state index < -0.39 is 4.92 Å². The molecule has 0 atom stereocenters. The van der Waals surface area contributed by atoms with E-state index in [1.807, 2.05) is 0 Å². The molecule has 1 aliphatic carbocycles. The molecule has 0 unspecified atom stereocenters. The largest absolute Gasteiger partial charge is 0.379 e. The predicted octanol–water partition coefficient (Wildman–Crippen LogP) is 3.01. The molecule has 96 valence electrons. The molecule has 1 aliphatic rings. The first-order valence-corrected chi connectivity index (χ1v) is 6.18. The number of aldehydes is 1. The van der Waals surface area contributed by atoms with E-state index in [9.17, 15) is 14.9 Å². The van der Waals surface area contributed by atoms with Crippen molar-refractivity contribution in [2.45, 2.75) is 25.7 Å². The predicted molar refractivity (Wildman–Crippen MR) is 68.9 cm³/mol. The van der Waals surface area contributed by atoms with Crippen molar-refractivity contribution in [1.82, 2.24) is 0 Å². The Balaban J connectivity index is 2.10. The molecule has 0 saturated heterocycles. The van der Waals surface area contributed by atoms with Crippen molar-refractivity contribution in [3.63, 3.8) is 0 Å². The van der Waals surface area contributed by atoms with E-state index in [1.54, 1.807) is 12.1 Å². The highest BCUT2D eigenvalue weighted by Gasteiger charge is 2.18. The Hall–Kier alpha value is -1.91. The maximum atomic E-state index is 10.9. The Bertz CT molecular complexity index is 454. The summed E-state index contributed by atoms with van der Waals surface area (Å²) in [5, 5.41) is 14.1. The highest BCUT2D eigenvalue weighted by molar-refractivity contribution is 5.79. The maximum Gasteiger partial charge on any atom is 0.293 e. The molecule has 2 rings (SSSR count). The maximum absolute atomic E-state index is 10.9. The van der Waals surface area contributed by atoms with Gasteiger partial charge in [0.1, 0.15) is 12.0 Å². The SMILES string of the molecule is O=Cc1ccc(NCC2CCCC2)c([N+](=O)[O-])c1. The minimum Gasteiger partial charge on any atom is -0.379 e. The molecule has 0 radical (unpaired) electrons. The average Bonchev–Trinajstić information content (AvgIpc) is 2.89. The molecular formula is C13H16N2O3. The zero-order valence-electron chi connectivity index (χ0n) is 10.1. The summed E-state index contributed by atoms with van der Waals surface area (Å²) >= 11 is 0. The summed E-state index contributed by atoms with van der Waals surface area (Å²) in [6, 6.07) is 4.51. The second-order valence-electron chi connectivity index (χ2n) is 4.68. The van der Waals surface area contributed by atoms with Gasteiger partial charge in [-0.1, -0.05) is 12.8 Å². The second kappa shape index (κ2) is 5.62. The Morgan fingerprint density at radius 3 is 2.72 bits per heavy atom. The lowest BCUT2D eigenvalue weighted by Crippen LogP contribution is -2.12. The van der Waals surface area contributed by atoms with Crippen LogP contribution in [-0.4, -0.2) is 17.8 Å². The molecule has 1 N–H and O–H groups in total. The number of nitrogens with zero attached hydrogens (tertiary/aromatic N) is 1. The van der Waals surface area contributed by atoms with Gasteiger partial charge in [0.25, 0.3) is 5.69 Å². The monoisotopic (exact) mass is 248 g/mol. The van der Waals surface area contributed by atoms with Gasteiger partial charge >= 0.3 is 0 Å². The van der Waals surface area contributed by atoms with Gasteiger partial charge in [0, 0.05) is 18.2 Å². The van der Waals surface area contributed by atoms with E-state index in [0.29, 0.717) is 23.5 Å². The van der Waals surface area contributed by atoms with Crippen molar-refractivity contribution in [2.24, 2.45) is 5.92 Å². The Morgan fingerprint density at radius 2 is 2.11 bits per heavy atom. The van der Waals surface area contributed by atoms with E-state index in [1.165, 1.54) is 31.7 Å². The third kappa shape index (κ3) is 2.85. The van der Waals surface area contributed by atoms with E-state index in [2.05, 4.69) is 5.32 Å². The van der Waals surface area contributed by atoms with Crippen LogP contribution >= 0.6 is 0 Å². The topological polar surface area (TPSA) is 72.2 Å². The first kappa shape index (κ1) is 12.5. The molecule has 18 heavy (non-hydrogen) atoms. The van der Waals surface area contributed by atoms with Crippen LogP contribution in [-0.2, 0) is 0 Å². The van der Waals surface area contributed by atoms with Crippen molar-refractivity contribution in [1.29, 1.82) is 0 Å². The van der Waals surface area contributed by atoms with Crippen LogP contribution in [0, 0.1) is 16.0 Å². The summed E-state index contributed by atoms with van der Waals surface area (Å²) in [5.74, 6) is 0.607. The number of rotatable bonds is 5. The molecule has 5 heteroatoms. The molecule has 0 spiro atoms. The number of nitro benzene ring substituents is 1. The number of anilines is 1. The van der Waals surface area contributed by atoms with Gasteiger partial charge in [0.2, 0.25) is 0 Å². The number of hydrogen-bond acceptors (Lipinski definition) is 4. The molecule has 0 heterocycles. The first-order chi connectivity index (χ1) is 8.70. The van der Waals surface area contributed by atoms with E-state index in [0.717, 1.165) is 6.54 Å². The normalized spacial score (nSPS) is 15.6. The number of hydrogen-bond donors (Lipinski definition) is 1. The summed E-state index contributed by atoms with van der Waals surface area (Å²) in [4.78, 5) is 21.1. The summed E-state index contributed by atoms with van der Waals surface area (Å²) < 4.78 is 0. The van der Waals surface area contributed by atoms with Crippen LogP contribution in [0.25, 0.3) is 0 Å². The summed E-state index contributed by atoms with van der Waals surface area (Å²) in [6.45, 7) is 0.765. The van der Waals surface area contributed by atoms with Crippen molar-refractivity contribution in [2.75, 3.05) is 11.9 Å². The lowest BCUT2D eigenvalue weighted by Gasteiger charge is -2.12. The third-order valence-electron chi connectivity index (χ3n) is 3.41. The highest BCUT2D eigenvalue weighted by Crippen LogP contribution is 2.28. The molecule has 0 bridgehead atoms. The highest BCUT2D eigenvalue weighted by atomic mass is 16.6. The minimum atomic E-state index is -0.454. The molecule has 1 fully saturated rings. The molecule has 5 nitrogen and oxygen atoms in total. The summed E-state index contributed by atoms with van der Waals surface area (Å²) in [7, 11) is 0. The van der Waals surface area contributed by atoms with Crippen LogP contribution in [0.1, 0.15) is 36.0 Å². The smallest absolute Gasteiger partial charge is 0.293 e. The zero-order valence-corrected chi connectivity index (χ0v) is 10.1. The zero-order chi connectivity index (χ0) is 13.0. The molecule has 0 amide bonds. The molecule has 1 saturated carbocycles. The van der Waals surface area contributed by atoms with Gasteiger partial charge in [-0.3, -0.25) is 14.9 Å². The summed E-state index contributed by atoms with van der Waals surface area (Å²) in [6.07, 6.45) is 5.49. The Morgan fingerprint density at radius 1 is 1.39 bits per heavy atom. The van der Waals surface area contributed by atoms with E-state index >= 15 is 0 Å². The molecule has 0 aromatic heterocycles. The van der Waals surface area contributed by atoms with Gasteiger partial charge in [-0.25, -0.2) is 0 Å². The van der Waals surface area contributed by atoms with Crippen molar-refractivity contribution in [3.05, 3.63) is 33.9 Å². The van der Waals surface area contributed by atoms with Gasteiger partial charge in [-0.15, -0.1) is 0 Å². The number of benzene rings is 1. The van der Waals surface area contributed by atoms with E-state index in [4.69, 9.17) is 0 Å². The fourth-order valence-electron chi connectivity index (χ4n) is 2.39. The van der Waals surface area contributed by atoms with Crippen LogP contribution in [0.2, 0.25) is 0 Å². The van der Waals surface area contributed by atoms with Crippen LogP contribution in [0.15, 0.2) is 18.2 Å². The van der Waals surface area contributed by atoms with Gasteiger partial charge < -0.3 is 5.32 Å². The molecular weight excluding hydrogens is 232 g/mol. The molecule has 1 aromatic carbocycles. The third-order valence-corrected chi connectivity index (χ3v) is 3.41. The van der Waals surface area contributed by atoms with E-state index in [-0.39, 0.29) is 5.69 Å². The van der Waals surface area contributed by atoms with Gasteiger partial charge in [-0.05, 0) is 30.9 Å². The van der Waals surface area contributed by atoms with Crippen LogP contribution in [0.4, 0.5) is 11.4 Å². The first-order valence-electron chi connectivity index (χ1n) is 6.18. The van der Waals surface area contributed by atoms with Crippen LogP contribution in [0.3, 0.4) is 0 Å². The lowest BCUT2D eigenvalue weighted by atomic mass is 10.1. The summed E-state index contributed by atoms with van der Waals surface area (Å²) in [5.41, 5.74) is 0.795. The van der Waals surface area contributed by atoms with Crippen LogP contribution < -0.4 is 5.32 Å². The van der Waals surface area contributed by atoms with Gasteiger partial charge in [0.05, 0.1) is 4.92 Å². The second-order valence-corrected chi connectivity index (χ2v) is 4.68. The minimum absolute atomic E-state index is 0.0300. The number of carbonyl (C=O) groups is 1. The fraction of sp³-hybridized carbons (Fsp3) is 0.462. The molecule has 0 aliphatic heterocycles. The standard InChI is InChI=1S/C13H16N2O3/c16-9-11-5-6-12(13(7-11)15(17)18)14-8-10-3-1-2-4-10/h5-7,9-10,14H,1-4,8H2. The average molecular weight is 248 g/mol. The number of nitrogens with one attached hydrogen (secondary N) is 1.